The van der Waals surface area contributed by atoms with E-state index in [1.54, 1.807) is 31.2 Å². The zero-order chi connectivity index (χ0) is 19.1. The molecule has 6 nitrogen and oxygen atoms in total. The smallest absolute Gasteiger partial charge is 0.338 e. The minimum atomic E-state index is -0.378. The summed E-state index contributed by atoms with van der Waals surface area (Å²) >= 11 is 0. The normalized spacial score (nSPS) is 12.2. The highest BCUT2D eigenvalue weighted by molar-refractivity contribution is 5.92. The van der Waals surface area contributed by atoms with Gasteiger partial charge in [0.25, 0.3) is 0 Å². The average Bonchev–Trinajstić information content (AvgIpc) is 3.14. The van der Waals surface area contributed by atoms with Crippen LogP contribution >= 0.6 is 0 Å². The van der Waals surface area contributed by atoms with Crippen LogP contribution in [-0.2, 0) is 17.6 Å². The molecule has 2 N–H and O–H groups in total. The van der Waals surface area contributed by atoms with Crippen LogP contribution in [0.3, 0.4) is 0 Å². The molecule has 0 aromatic heterocycles. The number of carbonyl (C=O) groups is 2. The van der Waals surface area contributed by atoms with E-state index >= 15 is 0 Å². The first-order valence-corrected chi connectivity index (χ1v) is 9.22. The molecule has 142 valence electrons. The molecule has 6 heteroatoms. The van der Waals surface area contributed by atoms with E-state index in [0.29, 0.717) is 31.0 Å². The van der Waals surface area contributed by atoms with E-state index in [0.717, 1.165) is 18.6 Å². The van der Waals surface area contributed by atoms with E-state index < -0.39 is 0 Å². The summed E-state index contributed by atoms with van der Waals surface area (Å²) in [7, 11) is 0. The average molecular weight is 368 g/mol. The monoisotopic (exact) mass is 368 g/mol. The van der Waals surface area contributed by atoms with E-state index in [2.05, 4.69) is 22.8 Å². The van der Waals surface area contributed by atoms with Gasteiger partial charge in [-0.3, -0.25) is 0 Å². The third-order valence-electron chi connectivity index (χ3n) is 4.38. The number of esters is 1. The van der Waals surface area contributed by atoms with Gasteiger partial charge in [-0.2, -0.15) is 0 Å². The van der Waals surface area contributed by atoms with Crippen LogP contribution in [0.15, 0.2) is 42.5 Å². The Bertz CT molecular complexity index is 802. The molecule has 0 radical (unpaired) electrons. The van der Waals surface area contributed by atoms with E-state index in [1.807, 2.05) is 6.07 Å². The molecule has 2 aromatic rings. The largest absolute Gasteiger partial charge is 0.492 e. The van der Waals surface area contributed by atoms with E-state index in [1.165, 1.54) is 17.5 Å². The topological polar surface area (TPSA) is 76.7 Å². The number of hydrogen-bond donors (Lipinski definition) is 2. The number of nitrogens with one attached hydrogen (secondary N) is 2. The van der Waals surface area contributed by atoms with Crippen molar-refractivity contribution in [1.29, 1.82) is 0 Å². The third-order valence-corrected chi connectivity index (χ3v) is 4.38. The Morgan fingerprint density at radius 3 is 2.59 bits per heavy atom. The molecular formula is C21H24N2O4. The van der Waals surface area contributed by atoms with Crippen molar-refractivity contribution in [1.82, 2.24) is 5.32 Å². The number of carbonyl (C=O) groups excluding carboxylic acids is 2. The molecule has 0 fully saturated rings. The number of benzene rings is 2. The minimum absolute atomic E-state index is 0.323. The van der Waals surface area contributed by atoms with Gasteiger partial charge in [0.05, 0.1) is 18.7 Å². The molecule has 2 amide bonds. The molecule has 0 atom stereocenters. The maximum Gasteiger partial charge on any atom is 0.338 e. The summed E-state index contributed by atoms with van der Waals surface area (Å²) in [6, 6.07) is 12.4. The zero-order valence-electron chi connectivity index (χ0n) is 15.4. The molecule has 3 rings (SSSR count). The Morgan fingerprint density at radius 1 is 1.04 bits per heavy atom. The predicted octanol–water partition coefficient (Wildman–Crippen LogP) is 3.55. The van der Waals surface area contributed by atoms with Gasteiger partial charge in [0, 0.05) is 5.69 Å². The van der Waals surface area contributed by atoms with Crippen LogP contribution in [0.1, 0.15) is 34.8 Å². The number of hydrogen-bond acceptors (Lipinski definition) is 4. The van der Waals surface area contributed by atoms with E-state index in [9.17, 15) is 9.59 Å². The summed E-state index contributed by atoms with van der Waals surface area (Å²) < 4.78 is 10.6. The first kappa shape index (κ1) is 18.8. The molecule has 1 aliphatic rings. The van der Waals surface area contributed by atoms with Crippen molar-refractivity contribution in [2.45, 2.75) is 26.2 Å². The van der Waals surface area contributed by atoms with Crippen molar-refractivity contribution in [2.24, 2.45) is 0 Å². The van der Waals surface area contributed by atoms with Crippen LogP contribution in [0, 0.1) is 0 Å². The van der Waals surface area contributed by atoms with Crippen molar-refractivity contribution >= 4 is 17.7 Å². The van der Waals surface area contributed by atoms with Crippen molar-refractivity contribution in [3.05, 3.63) is 59.2 Å². The van der Waals surface area contributed by atoms with Crippen LogP contribution in [-0.4, -0.2) is 31.8 Å². The summed E-state index contributed by atoms with van der Waals surface area (Å²) in [5.41, 5.74) is 3.82. The molecule has 0 bridgehead atoms. The van der Waals surface area contributed by atoms with E-state index in [4.69, 9.17) is 9.47 Å². The number of anilines is 1. The van der Waals surface area contributed by atoms with Crippen molar-refractivity contribution < 1.29 is 19.1 Å². The second kappa shape index (κ2) is 9.07. The molecule has 2 aromatic carbocycles. The first-order chi connectivity index (χ1) is 13.2. The quantitative estimate of drug-likeness (QED) is 0.579. The fourth-order valence-electron chi connectivity index (χ4n) is 3.05. The Hall–Kier alpha value is -3.02. The van der Waals surface area contributed by atoms with Crippen LogP contribution < -0.4 is 15.4 Å². The zero-order valence-corrected chi connectivity index (χ0v) is 15.4. The van der Waals surface area contributed by atoms with Gasteiger partial charge >= 0.3 is 12.0 Å². The summed E-state index contributed by atoms with van der Waals surface area (Å²) in [4.78, 5) is 23.5. The van der Waals surface area contributed by atoms with Gasteiger partial charge in [0.1, 0.15) is 12.4 Å². The van der Waals surface area contributed by atoms with Gasteiger partial charge < -0.3 is 20.1 Å². The van der Waals surface area contributed by atoms with Gasteiger partial charge in [-0.25, -0.2) is 9.59 Å². The number of urea groups is 1. The predicted molar refractivity (Wildman–Crippen MR) is 103 cm³/mol. The lowest BCUT2D eigenvalue weighted by Gasteiger charge is -2.10. The second-order valence-electron chi connectivity index (χ2n) is 6.31. The van der Waals surface area contributed by atoms with Crippen LogP contribution in [0.5, 0.6) is 5.75 Å². The van der Waals surface area contributed by atoms with Crippen molar-refractivity contribution in [3.63, 3.8) is 0 Å². The molecule has 0 heterocycles. The third kappa shape index (κ3) is 5.23. The van der Waals surface area contributed by atoms with Gasteiger partial charge in [0.15, 0.2) is 0 Å². The number of ether oxygens (including phenoxy) is 2. The fourth-order valence-corrected chi connectivity index (χ4v) is 3.05. The molecule has 27 heavy (non-hydrogen) atoms. The SMILES string of the molecule is CCOC(=O)c1ccc(NC(=O)NCCOc2ccc3c(c2)CCC3)cc1. The standard InChI is InChI=1S/C21H24N2O4/c1-2-26-20(24)16-6-9-18(10-7-16)23-21(25)22-12-13-27-19-11-8-15-4-3-5-17(15)14-19/h6-11,14H,2-5,12-13H2,1H3,(H2,22,23,25). The number of amides is 2. The van der Waals surface area contributed by atoms with Crippen LogP contribution in [0.25, 0.3) is 0 Å². The summed E-state index contributed by atoms with van der Waals surface area (Å²) in [6.45, 7) is 2.87. The highest BCUT2D eigenvalue weighted by Crippen LogP contribution is 2.25. The van der Waals surface area contributed by atoms with Gasteiger partial charge in [-0.15, -0.1) is 0 Å². The lowest BCUT2D eigenvalue weighted by molar-refractivity contribution is 0.0526. The first-order valence-electron chi connectivity index (χ1n) is 9.22. The Balaban J connectivity index is 1.39. The molecule has 1 aliphatic carbocycles. The highest BCUT2D eigenvalue weighted by atomic mass is 16.5. The Kier molecular flexibility index (Phi) is 6.30. The minimum Gasteiger partial charge on any atom is -0.492 e. The van der Waals surface area contributed by atoms with Crippen molar-refractivity contribution in [3.8, 4) is 5.75 Å². The summed E-state index contributed by atoms with van der Waals surface area (Å²) in [5, 5.41) is 5.46. The molecule has 0 unspecified atom stereocenters. The Labute approximate surface area is 158 Å². The Morgan fingerprint density at radius 2 is 1.81 bits per heavy atom. The van der Waals surface area contributed by atoms with Crippen LogP contribution in [0.4, 0.5) is 10.5 Å². The molecule has 0 saturated carbocycles. The highest BCUT2D eigenvalue weighted by Gasteiger charge is 2.11. The second-order valence-corrected chi connectivity index (χ2v) is 6.31. The number of fused-ring (bicyclic) bond motifs is 1. The van der Waals surface area contributed by atoms with Crippen LogP contribution in [0.2, 0.25) is 0 Å². The van der Waals surface area contributed by atoms with Crippen molar-refractivity contribution in [2.75, 3.05) is 25.1 Å². The van der Waals surface area contributed by atoms with E-state index in [-0.39, 0.29) is 12.0 Å². The molecule has 0 saturated heterocycles. The fraction of sp³-hybridized carbons (Fsp3) is 0.333. The summed E-state index contributed by atoms with van der Waals surface area (Å²) in [5.74, 6) is 0.463. The number of aryl methyl sites for hydroxylation is 2. The molecular weight excluding hydrogens is 344 g/mol. The maximum absolute atomic E-state index is 11.9. The molecule has 0 spiro atoms. The molecule has 0 aliphatic heterocycles. The van der Waals surface area contributed by atoms with Gasteiger partial charge in [-0.05, 0) is 73.7 Å². The van der Waals surface area contributed by atoms with Gasteiger partial charge in [0.2, 0.25) is 0 Å². The lowest BCUT2D eigenvalue weighted by Crippen LogP contribution is -2.32. The van der Waals surface area contributed by atoms with Gasteiger partial charge in [-0.1, -0.05) is 6.07 Å². The number of rotatable bonds is 7. The maximum atomic E-state index is 11.9. The summed E-state index contributed by atoms with van der Waals surface area (Å²) in [6.07, 6.45) is 3.47. The lowest BCUT2D eigenvalue weighted by atomic mass is 10.1.